The van der Waals surface area contributed by atoms with E-state index in [0.29, 0.717) is 17.1 Å². The van der Waals surface area contributed by atoms with Gasteiger partial charge < -0.3 is 5.32 Å². The van der Waals surface area contributed by atoms with Crippen LogP contribution in [0.3, 0.4) is 0 Å². The summed E-state index contributed by atoms with van der Waals surface area (Å²) < 4.78 is 37.9. The zero-order chi connectivity index (χ0) is 18.2. The SMILES string of the molecule is Cc1ccc(-c2n[nH]c(NC(=O)c3cc(C(F)(F)F)cs3)c2C)cc1. The molecule has 2 heterocycles. The van der Waals surface area contributed by atoms with E-state index in [-0.39, 0.29) is 4.88 Å². The van der Waals surface area contributed by atoms with Gasteiger partial charge in [0.25, 0.3) is 5.91 Å². The molecule has 1 aromatic carbocycles. The van der Waals surface area contributed by atoms with Crippen LogP contribution in [0.2, 0.25) is 0 Å². The number of carbonyl (C=O) groups is 1. The number of carbonyl (C=O) groups excluding carboxylic acids is 1. The number of rotatable bonds is 3. The van der Waals surface area contributed by atoms with Crippen molar-refractivity contribution in [1.82, 2.24) is 10.2 Å². The second-order valence-corrected chi connectivity index (χ2v) is 6.50. The summed E-state index contributed by atoms with van der Waals surface area (Å²) in [5.41, 5.74) is 2.56. The maximum atomic E-state index is 12.6. The second-order valence-electron chi connectivity index (χ2n) is 5.59. The van der Waals surface area contributed by atoms with E-state index in [1.165, 1.54) is 0 Å². The third-order valence-corrected chi connectivity index (χ3v) is 4.65. The molecule has 0 aliphatic carbocycles. The van der Waals surface area contributed by atoms with Gasteiger partial charge in [-0.1, -0.05) is 29.8 Å². The van der Waals surface area contributed by atoms with Crippen molar-refractivity contribution >= 4 is 23.1 Å². The van der Waals surface area contributed by atoms with Crippen molar-refractivity contribution in [2.24, 2.45) is 0 Å². The van der Waals surface area contributed by atoms with Crippen molar-refractivity contribution in [1.29, 1.82) is 0 Å². The number of alkyl halides is 3. The molecular weight excluding hydrogens is 351 g/mol. The summed E-state index contributed by atoms with van der Waals surface area (Å²) in [4.78, 5) is 12.2. The number of aromatic nitrogens is 2. The van der Waals surface area contributed by atoms with Crippen LogP contribution in [0.4, 0.5) is 19.0 Å². The van der Waals surface area contributed by atoms with Crippen molar-refractivity contribution in [2.45, 2.75) is 20.0 Å². The Balaban J connectivity index is 1.81. The summed E-state index contributed by atoms with van der Waals surface area (Å²) >= 11 is 0.748. The maximum Gasteiger partial charge on any atom is 0.417 e. The highest BCUT2D eigenvalue weighted by atomic mass is 32.1. The summed E-state index contributed by atoms with van der Waals surface area (Å²) in [7, 11) is 0. The number of aromatic amines is 1. The van der Waals surface area contributed by atoms with Crippen LogP contribution in [-0.4, -0.2) is 16.1 Å². The molecule has 3 rings (SSSR count). The van der Waals surface area contributed by atoms with Gasteiger partial charge in [0.1, 0.15) is 5.82 Å². The molecule has 0 fully saturated rings. The van der Waals surface area contributed by atoms with E-state index in [1.54, 1.807) is 6.92 Å². The third kappa shape index (κ3) is 3.58. The number of thiophene rings is 1. The second kappa shape index (κ2) is 6.36. The molecule has 4 nitrogen and oxygen atoms in total. The number of hydrogen-bond acceptors (Lipinski definition) is 3. The van der Waals surface area contributed by atoms with E-state index in [4.69, 9.17) is 0 Å². The summed E-state index contributed by atoms with van der Waals surface area (Å²) in [5, 5.41) is 10.4. The first-order valence-corrected chi connectivity index (χ1v) is 8.23. The number of nitrogens with zero attached hydrogens (tertiary/aromatic N) is 1. The minimum Gasteiger partial charge on any atom is -0.306 e. The smallest absolute Gasteiger partial charge is 0.306 e. The molecule has 0 saturated heterocycles. The molecule has 8 heteroatoms. The molecule has 0 radical (unpaired) electrons. The fourth-order valence-electron chi connectivity index (χ4n) is 2.29. The van der Waals surface area contributed by atoms with Gasteiger partial charge in [0.05, 0.1) is 16.1 Å². The fraction of sp³-hybridized carbons (Fsp3) is 0.176. The molecule has 1 amide bonds. The molecule has 0 unspecified atom stereocenters. The Kier molecular flexibility index (Phi) is 4.38. The lowest BCUT2D eigenvalue weighted by atomic mass is 10.1. The van der Waals surface area contributed by atoms with E-state index in [0.717, 1.165) is 33.9 Å². The van der Waals surface area contributed by atoms with Crippen molar-refractivity contribution in [3.8, 4) is 11.3 Å². The van der Waals surface area contributed by atoms with Gasteiger partial charge in [0, 0.05) is 16.5 Å². The van der Waals surface area contributed by atoms with Crippen molar-refractivity contribution < 1.29 is 18.0 Å². The summed E-state index contributed by atoms with van der Waals surface area (Å²) in [6.45, 7) is 3.76. The molecule has 0 atom stereocenters. The number of nitrogens with one attached hydrogen (secondary N) is 2. The topological polar surface area (TPSA) is 57.8 Å². The van der Waals surface area contributed by atoms with E-state index in [2.05, 4.69) is 15.5 Å². The van der Waals surface area contributed by atoms with Gasteiger partial charge in [0.15, 0.2) is 0 Å². The number of benzene rings is 1. The molecule has 0 spiro atoms. The Hall–Kier alpha value is -2.61. The molecule has 2 aromatic heterocycles. The van der Waals surface area contributed by atoms with Crippen LogP contribution in [0.25, 0.3) is 11.3 Å². The number of halogens is 3. The van der Waals surface area contributed by atoms with Crippen LogP contribution in [-0.2, 0) is 6.18 Å². The highest BCUT2D eigenvalue weighted by Crippen LogP contribution is 2.33. The Morgan fingerprint density at radius 3 is 2.48 bits per heavy atom. The van der Waals surface area contributed by atoms with Gasteiger partial charge in [-0.3, -0.25) is 9.89 Å². The van der Waals surface area contributed by atoms with Crippen LogP contribution in [0.15, 0.2) is 35.7 Å². The standard InChI is InChI=1S/C17H14F3N3OS/c1-9-3-5-11(6-4-9)14-10(2)15(23-22-14)21-16(24)13-7-12(8-25-13)17(18,19)20/h3-8H,1-2H3,(H2,21,22,23,24). The third-order valence-electron chi connectivity index (χ3n) is 3.72. The van der Waals surface area contributed by atoms with Crippen molar-refractivity contribution in [2.75, 3.05) is 5.32 Å². The molecule has 0 aliphatic rings. The van der Waals surface area contributed by atoms with E-state index in [9.17, 15) is 18.0 Å². The molecule has 3 aromatic rings. The van der Waals surface area contributed by atoms with Gasteiger partial charge >= 0.3 is 6.18 Å². The average molecular weight is 365 g/mol. The predicted molar refractivity (Wildman–Crippen MR) is 90.8 cm³/mol. The minimum absolute atomic E-state index is 0.0155. The molecule has 0 aliphatic heterocycles. The van der Waals surface area contributed by atoms with Gasteiger partial charge in [-0.2, -0.15) is 18.3 Å². The van der Waals surface area contributed by atoms with E-state index < -0.39 is 17.6 Å². The maximum absolute atomic E-state index is 12.6. The summed E-state index contributed by atoms with van der Waals surface area (Å²) in [5.74, 6) is -0.245. The van der Waals surface area contributed by atoms with Crippen molar-refractivity contribution in [3.63, 3.8) is 0 Å². The first-order valence-electron chi connectivity index (χ1n) is 7.35. The zero-order valence-corrected chi connectivity index (χ0v) is 14.2. The normalized spacial score (nSPS) is 11.6. The minimum atomic E-state index is -4.46. The molecule has 25 heavy (non-hydrogen) atoms. The Bertz CT molecular complexity index is 910. The van der Waals surface area contributed by atoms with Gasteiger partial charge in [-0.15, -0.1) is 11.3 Å². The fourth-order valence-corrected chi connectivity index (χ4v) is 3.10. The largest absolute Gasteiger partial charge is 0.417 e. The molecule has 2 N–H and O–H groups in total. The monoisotopic (exact) mass is 365 g/mol. The average Bonchev–Trinajstić information content (AvgIpc) is 3.16. The molecular formula is C17H14F3N3OS. The summed E-state index contributed by atoms with van der Waals surface area (Å²) in [6, 6.07) is 8.57. The zero-order valence-electron chi connectivity index (χ0n) is 13.4. The first-order chi connectivity index (χ1) is 11.8. The molecule has 130 valence electrons. The quantitative estimate of drug-likeness (QED) is 0.684. The number of amides is 1. The Labute approximate surface area is 145 Å². The summed E-state index contributed by atoms with van der Waals surface area (Å²) in [6.07, 6.45) is -4.46. The number of aryl methyl sites for hydroxylation is 1. The highest BCUT2D eigenvalue weighted by Gasteiger charge is 2.32. The van der Waals surface area contributed by atoms with Crippen LogP contribution in [0.1, 0.15) is 26.4 Å². The number of H-pyrrole nitrogens is 1. The van der Waals surface area contributed by atoms with E-state index >= 15 is 0 Å². The van der Waals surface area contributed by atoms with Crippen molar-refractivity contribution in [3.05, 3.63) is 57.3 Å². The highest BCUT2D eigenvalue weighted by molar-refractivity contribution is 7.12. The Morgan fingerprint density at radius 1 is 1.20 bits per heavy atom. The Morgan fingerprint density at radius 2 is 1.88 bits per heavy atom. The number of anilines is 1. The lowest BCUT2D eigenvalue weighted by molar-refractivity contribution is -0.137. The van der Waals surface area contributed by atoms with Gasteiger partial charge in [-0.05, 0) is 19.9 Å². The number of hydrogen-bond donors (Lipinski definition) is 2. The van der Waals surface area contributed by atoms with Crippen LogP contribution >= 0.6 is 11.3 Å². The van der Waals surface area contributed by atoms with Crippen LogP contribution < -0.4 is 5.32 Å². The molecule has 0 saturated carbocycles. The van der Waals surface area contributed by atoms with Crippen LogP contribution in [0.5, 0.6) is 0 Å². The van der Waals surface area contributed by atoms with Gasteiger partial charge in [0.2, 0.25) is 0 Å². The van der Waals surface area contributed by atoms with Crippen LogP contribution in [0, 0.1) is 13.8 Å². The van der Waals surface area contributed by atoms with E-state index in [1.807, 2.05) is 31.2 Å². The lowest BCUT2D eigenvalue weighted by Gasteiger charge is -2.03. The molecule has 0 bridgehead atoms. The predicted octanol–water partition coefficient (Wildman–Crippen LogP) is 5.03. The lowest BCUT2D eigenvalue weighted by Crippen LogP contribution is -2.11. The van der Waals surface area contributed by atoms with Gasteiger partial charge in [-0.25, -0.2) is 0 Å². The first kappa shape index (κ1) is 17.2.